The van der Waals surface area contributed by atoms with E-state index in [0.29, 0.717) is 0 Å². The van der Waals surface area contributed by atoms with Gasteiger partial charge in [0, 0.05) is 0 Å². The van der Waals surface area contributed by atoms with Crippen LogP contribution < -0.4 is 0 Å². The van der Waals surface area contributed by atoms with Crippen LogP contribution in [-0.4, -0.2) is 29.8 Å². The maximum atomic E-state index is 10.9. The Morgan fingerprint density at radius 1 is 1.07 bits per heavy atom. The summed E-state index contributed by atoms with van der Waals surface area (Å²) < 4.78 is 0. The minimum absolute atomic E-state index is 0.0926. The zero-order valence-corrected chi connectivity index (χ0v) is 11.3. The summed E-state index contributed by atoms with van der Waals surface area (Å²) in [6.45, 7) is 17.7. The molecule has 0 amide bonds. The summed E-state index contributed by atoms with van der Waals surface area (Å²) in [5.74, 6) is 0.253. The first kappa shape index (κ1) is 19.2. The number of carbonyl (C=O) groups excluding carboxylic acids is 1. The molecule has 0 aromatic carbocycles. The summed E-state index contributed by atoms with van der Waals surface area (Å²) in [5.41, 5.74) is 0. The highest BCUT2D eigenvalue weighted by atomic mass is 16.1. The van der Waals surface area contributed by atoms with Crippen molar-refractivity contribution in [3.8, 4) is 0 Å². The third kappa shape index (κ3) is 9.72. The molecule has 0 aromatic heterocycles. The number of rotatable bonds is 4. The van der Waals surface area contributed by atoms with Crippen LogP contribution in [0.4, 0.5) is 0 Å². The lowest BCUT2D eigenvalue weighted by atomic mass is 10.2. The monoisotopic (exact) mass is 203 g/mol. The van der Waals surface area contributed by atoms with Crippen LogP contribution in [0.15, 0.2) is 0 Å². The van der Waals surface area contributed by atoms with Crippen molar-refractivity contribution in [3.63, 3.8) is 0 Å². The molecule has 0 aliphatic carbocycles. The molecule has 0 spiro atoms. The molecule has 0 aromatic rings. The molecule has 14 heavy (non-hydrogen) atoms. The molecule has 0 bridgehead atoms. The fraction of sp³-hybridized carbons (Fsp3) is 0.917. The molecule has 0 aliphatic rings. The van der Waals surface area contributed by atoms with Crippen molar-refractivity contribution in [1.82, 2.24) is 4.90 Å². The predicted octanol–water partition coefficient (Wildman–Crippen LogP) is 3.36. The lowest BCUT2D eigenvalue weighted by Gasteiger charge is -2.23. The molecule has 2 nitrogen and oxygen atoms in total. The number of nitrogens with zero attached hydrogens (tertiary/aromatic N) is 1. The molecule has 0 aliphatic heterocycles. The van der Waals surface area contributed by atoms with Gasteiger partial charge in [-0.2, -0.15) is 0 Å². The second-order valence-corrected chi connectivity index (χ2v) is 2.51. The van der Waals surface area contributed by atoms with Crippen LogP contribution in [-0.2, 0) is 4.79 Å². The molecule has 88 valence electrons. The number of carbonyl (C=O) groups is 1. The van der Waals surface area contributed by atoms with E-state index in [-0.39, 0.29) is 11.8 Å². The van der Waals surface area contributed by atoms with Gasteiger partial charge in [-0.15, -0.1) is 0 Å². The van der Waals surface area contributed by atoms with Gasteiger partial charge in [-0.05, 0) is 26.9 Å². The first-order valence-electron chi connectivity index (χ1n) is 5.88. The summed E-state index contributed by atoms with van der Waals surface area (Å²) in [7, 11) is 0. The molecule has 0 unspecified atom stereocenters. The van der Waals surface area contributed by atoms with E-state index < -0.39 is 0 Å². The fourth-order valence-corrected chi connectivity index (χ4v) is 1.03. The summed E-state index contributed by atoms with van der Waals surface area (Å²) in [5, 5.41) is 0. The van der Waals surface area contributed by atoms with Gasteiger partial charge in [-0.25, -0.2) is 0 Å². The van der Waals surface area contributed by atoms with Gasteiger partial charge < -0.3 is 0 Å². The molecule has 0 N–H and O–H groups in total. The van der Waals surface area contributed by atoms with Crippen LogP contribution in [0.1, 0.15) is 55.4 Å². The first-order chi connectivity index (χ1) is 6.63. The number of ketones is 1. The maximum absolute atomic E-state index is 10.9. The Bertz CT molecular complexity index is 109. The normalized spacial score (nSPS) is 10.6. The Kier molecular flexibility index (Phi) is 20.8. The molecule has 0 saturated heterocycles. The number of Topliss-reactive ketones (excluding diaryl/α,β-unsaturated/α-hetero) is 1. The van der Waals surface area contributed by atoms with Crippen molar-refractivity contribution in [2.75, 3.05) is 13.1 Å². The minimum Gasteiger partial charge on any atom is -0.298 e. The third-order valence-corrected chi connectivity index (χ3v) is 1.95. The van der Waals surface area contributed by atoms with E-state index in [1.165, 1.54) is 0 Å². The molecular weight excluding hydrogens is 174 g/mol. The Morgan fingerprint density at radius 3 is 1.43 bits per heavy atom. The van der Waals surface area contributed by atoms with E-state index in [1.807, 2.05) is 34.6 Å². The molecule has 0 heterocycles. The van der Waals surface area contributed by atoms with Gasteiger partial charge in [0.2, 0.25) is 0 Å². The van der Waals surface area contributed by atoms with Crippen molar-refractivity contribution in [2.24, 2.45) is 0 Å². The molecular formula is C12H29NO. The van der Waals surface area contributed by atoms with Crippen LogP contribution >= 0.6 is 0 Å². The second kappa shape index (κ2) is 15.1. The van der Waals surface area contributed by atoms with Gasteiger partial charge in [0.25, 0.3) is 0 Å². The summed E-state index contributed by atoms with van der Waals surface area (Å²) in [6.07, 6.45) is 0. The number of likely N-dealkylation sites (N-methyl/N-ethyl adjacent to an activating group) is 1. The maximum Gasteiger partial charge on any atom is 0.146 e. The van der Waals surface area contributed by atoms with Crippen LogP contribution in [0.5, 0.6) is 0 Å². The van der Waals surface area contributed by atoms with E-state index in [9.17, 15) is 4.79 Å². The summed E-state index contributed by atoms with van der Waals surface area (Å²) in [6, 6.07) is 0.0926. The molecule has 1 atom stereocenters. The standard InChI is InChI=1S/C8H17NO.2C2H6/c1-5-9(6-2)7(3)8(4)10;2*1-2/h7H,5-6H2,1-4H3;2*1-2H3/t7-;;/m0../s1. The van der Waals surface area contributed by atoms with Crippen molar-refractivity contribution < 1.29 is 4.79 Å². The lowest BCUT2D eigenvalue weighted by molar-refractivity contribution is -0.121. The lowest BCUT2D eigenvalue weighted by Crippen LogP contribution is -2.37. The first-order valence-corrected chi connectivity index (χ1v) is 5.88. The molecule has 0 fully saturated rings. The Balaban J connectivity index is -0.000000266. The molecule has 0 rings (SSSR count). The van der Waals surface area contributed by atoms with E-state index in [4.69, 9.17) is 0 Å². The van der Waals surface area contributed by atoms with E-state index in [1.54, 1.807) is 6.92 Å². The highest BCUT2D eigenvalue weighted by molar-refractivity contribution is 5.80. The average molecular weight is 203 g/mol. The highest BCUT2D eigenvalue weighted by Crippen LogP contribution is 1.98. The minimum atomic E-state index is 0.0926. The third-order valence-electron chi connectivity index (χ3n) is 1.95. The fourth-order valence-electron chi connectivity index (χ4n) is 1.03. The van der Waals surface area contributed by atoms with Crippen LogP contribution in [0.25, 0.3) is 0 Å². The van der Waals surface area contributed by atoms with Gasteiger partial charge in [-0.1, -0.05) is 41.5 Å². The smallest absolute Gasteiger partial charge is 0.146 e. The zero-order chi connectivity index (χ0) is 12.1. The zero-order valence-electron chi connectivity index (χ0n) is 11.3. The van der Waals surface area contributed by atoms with Crippen molar-refractivity contribution in [3.05, 3.63) is 0 Å². The van der Waals surface area contributed by atoms with E-state index in [0.717, 1.165) is 13.1 Å². The van der Waals surface area contributed by atoms with Gasteiger partial charge in [-0.3, -0.25) is 9.69 Å². The molecule has 0 saturated carbocycles. The van der Waals surface area contributed by atoms with E-state index >= 15 is 0 Å². The molecule has 0 radical (unpaired) electrons. The average Bonchev–Trinajstić information content (AvgIpc) is 2.25. The van der Waals surface area contributed by atoms with Crippen LogP contribution in [0, 0.1) is 0 Å². The van der Waals surface area contributed by atoms with E-state index in [2.05, 4.69) is 18.7 Å². The Hall–Kier alpha value is -0.370. The highest BCUT2D eigenvalue weighted by Gasteiger charge is 2.13. The topological polar surface area (TPSA) is 20.3 Å². The van der Waals surface area contributed by atoms with Gasteiger partial charge in [0.05, 0.1) is 6.04 Å². The van der Waals surface area contributed by atoms with Crippen LogP contribution in [0.2, 0.25) is 0 Å². The SMILES string of the molecule is CC.CC.CCN(CC)[C@@H](C)C(C)=O. The molecule has 2 heteroatoms. The predicted molar refractivity (Wildman–Crippen MR) is 65.8 cm³/mol. The van der Waals surface area contributed by atoms with Gasteiger partial charge >= 0.3 is 0 Å². The quantitative estimate of drug-likeness (QED) is 0.698. The summed E-state index contributed by atoms with van der Waals surface area (Å²) in [4.78, 5) is 13.0. The Morgan fingerprint density at radius 2 is 1.36 bits per heavy atom. The van der Waals surface area contributed by atoms with Gasteiger partial charge in [0.1, 0.15) is 5.78 Å². The Labute approximate surface area is 90.7 Å². The second-order valence-electron chi connectivity index (χ2n) is 2.51. The number of hydrogen-bond acceptors (Lipinski definition) is 2. The van der Waals surface area contributed by atoms with Crippen LogP contribution in [0.3, 0.4) is 0 Å². The van der Waals surface area contributed by atoms with Crippen molar-refractivity contribution >= 4 is 5.78 Å². The van der Waals surface area contributed by atoms with Gasteiger partial charge in [0.15, 0.2) is 0 Å². The van der Waals surface area contributed by atoms with Crippen molar-refractivity contribution in [1.29, 1.82) is 0 Å². The number of hydrogen-bond donors (Lipinski definition) is 0. The van der Waals surface area contributed by atoms with Crippen molar-refractivity contribution in [2.45, 2.75) is 61.4 Å². The largest absolute Gasteiger partial charge is 0.298 e. The summed E-state index contributed by atoms with van der Waals surface area (Å²) >= 11 is 0.